The van der Waals surface area contributed by atoms with Crippen molar-refractivity contribution in [3.8, 4) is 0 Å². The lowest BCUT2D eigenvalue weighted by Gasteiger charge is -2.30. The molecule has 3 heteroatoms. The zero-order valence-electron chi connectivity index (χ0n) is 12.2. The molecule has 0 unspecified atom stereocenters. The van der Waals surface area contributed by atoms with E-state index in [0.717, 1.165) is 31.8 Å². The van der Waals surface area contributed by atoms with E-state index in [-0.39, 0.29) is 5.91 Å². The van der Waals surface area contributed by atoms with Gasteiger partial charge in [-0.2, -0.15) is 0 Å². The average Bonchev–Trinajstić information content (AvgIpc) is 2.37. The topological polar surface area (TPSA) is 32.3 Å². The molecule has 1 aliphatic rings. The van der Waals surface area contributed by atoms with Gasteiger partial charge in [0.05, 0.1) is 0 Å². The van der Waals surface area contributed by atoms with E-state index in [0.29, 0.717) is 6.42 Å². The van der Waals surface area contributed by atoms with E-state index < -0.39 is 0 Å². The van der Waals surface area contributed by atoms with E-state index in [9.17, 15) is 4.79 Å². The normalized spacial score (nSPS) is 17.9. The lowest BCUT2D eigenvalue weighted by atomic mass is 9.99. The zero-order valence-corrected chi connectivity index (χ0v) is 12.2. The summed E-state index contributed by atoms with van der Waals surface area (Å²) in [5.74, 6) is 1.13. The molecule has 1 amide bonds. The first-order valence-electron chi connectivity index (χ1n) is 7.71. The van der Waals surface area contributed by atoms with E-state index in [4.69, 9.17) is 0 Å². The van der Waals surface area contributed by atoms with Gasteiger partial charge in [0.25, 0.3) is 0 Å². The molecule has 1 fully saturated rings. The number of likely N-dealkylation sites (tertiary alicyclic amines) is 1. The molecule has 3 nitrogen and oxygen atoms in total. The Balaban J connectivity index is 1.93. The second kappa shape index (κ2) is 9.37. The van der Waals surface area contributed by atoms with E-state index in [2.05, 4.69) is 24.1 Å². The van der Waals surface area contributed by atoms with Crippen LogP contribution in [0.25, 0.3) is 0 Å². The van der Waals surface area contributed by atoms with Gasteiger partial charge in [0.1, 0.15) is 0 Å². The molecule has 1 saturated heterocycles. The molecule has 0 bridgehead atoms. The maximum atomic E-state index is 11.5. The van der Waals surface area contributed by atoms with Gasteiger partial charge in [0, 0.05) is 13.0 Å². The van der Waals surface area contributed by atoms with Crippen molar-refractivity contribution in [1.29, 1.82) is 0 Å². The van der Waals surface area contributed by atoms with Gasteiger partial charge >= 0.3 is 0 Å². The van der Waals surface area contributed by atoms with Crippen molar-refractivity contribution in [2.75, 3.05) is 26.2 Å². The second-order valence-electron chi connectivity index (χ2n) is 5.68. The SMILES string of the molecule is CCCCCC(=O)NCCCN1CCC(C)CC1. The number of nitrogens with one attached hydrogen (secondary N) is 1. The highest BCUT2D eigenvalue weighted by Crippen LogP contribution is 2.15. The molecule has 0 atom stereocenters. The van der Waals surface area contributed by atoms with E-state index >= 15 is 0 Å². The molecule has 106 valence electrons. The van der Waals surface area contributed by atoms with Crippen LogP contribution in [-0.4, -0.2) is 37.0 Å². The predicted molar refractivity (Wildman–Crippen MR) is 76.6 cm³/mol. The molecule has 0 aliphatic carbocycles. The van der Waals surface area contributed by atoms with Crippen molar-refractivity contribution in [1.82, 2.24) is 10.2 Å². The van der Waals surface area contributed by atoms with Crippen LogP contribution < -0.4 is 5.32 Å². The number of hydrogen-bond donors (Lipinski definition) is 1. The standard InChI is InChI=1S/C15H30N2O/c1-3-4-5-7-15(18)16-10-6-11-17-12-8-14(2)9-13-17/h14H,3-13H2,1-2H3,(H,16,18). The molecule has 1 heterocycles. The molecule has 0 spiro atoms. The highest BCUT2D eigenvalue weighted by atomic mass is 16.1. The monoisotopic (exact) mass is 254 g/mol. The van der Waals surface area contributed by atoms with Crippen LogP contribution in [0.5, 0.6) is 0 Å². The summed E-state index contributed by atoms with van der Waals surface area (Å²) in [6, 6.07) is 0. The summed E-state index contributed by atoms with van der Waals surface area (Å²) in [4.78, 5) is 14.0. The Kier molecular flexibility index (Phi) is 8.06. The minimum atomic E-state index is 0.232. The maximum absolute atomic E-state index is 11.5. The molecule has 0 saturated carbocycles. The fraction of sp³-hybridized carbons (Fsp3) is 0.933. The molecule has 0 aromatic carbocycles. The van der Waals surface area contributed by atoms with Gasteiger partial charge in [-0.15, -0.1) is 0 Å². The smallest absolute Gasteiger partial charge is 0.219 e. The minimum absolute atomic E-state index is 0.232. The third-order valence-corrected chi connectivity index (χ3v) is 3.86. The van der Waals surface area contributed by atoms with Gasteiger partial charge in [-0.3, -0.25) is 4.79 Å². The average molecular weight is 254 g/mol. The van der Waals surface area contributed by atoms with Gasteiger partial charge < -0.3 is 10.2 Å². The largest absolute Gasteiger partial charge is 0.356 e. The van der Waals surface area contributed by atoms with Crippen LogP contribution in [0.15, 0.2) is 0 Å². The summed E-state index contributed by atoms with van der Waals surface area (Å²) in [6.45, 7) is 8.97. The second-order valence-corrected chi connectivity index (χ2v) is 5.68. The first kappa shape index (κ1) is 15.5. The van der Waals surface area contributed by atoms with E-state index in [1.54, 1.807) is 0 Å². The number of unbranched alkanes of at least 4 members (excludes halogenated alkanes) is 2. The number of piperidine rings is 1. The third-order valence-electron chi connectivity index (χ3n) is 3.86. The number of nitrogens with zero attached hydrogens (tertiary/aromatic N) is 1. The molecule has 0 aromatic rings. The van der Waals surface area contributed by atoms with Crippen molar-refractivity contribution in [2.45, 2.75) is 58.8 Å². The van der Waals surface area contributed by atoms with Crippen LogP contribution in [0.2, 0.25) is 0 Å². The van der Waals surface area contributed by atoms with Gasteiger partial charge in [-0.1, -0.05) is 26.7 Å². The molecule has 18 heavy (non-hydrogen) atoms. The van der Waals surface area contributed by atoms with Crippen molar-refractivity contribution in [3.63, 3.8) is 0 Å². The Bertz CT molecular complexity index is 223. The van der Waals surface area contributed by atoms with Crippen LogP contribution >= 0.6 is 0 Å². The molecule has 1 rings (SSSR count). The van der Waals surface area contributed by atoms with Crippen LogP contribution in [0.3, 0.4) is 0 Å². The highest BCUT2D eigenvalue weighted by molar-refractivity contribution is 5.75. The van der Waals surface area contributed by atoms with Gasteiger partial charge in [0.15, 0.2) is 0 Å². The fourth-order valence-electron chi connectivity index (χ4n) is 2.44. The summed E-state index contributed by atoms with van der Waals surface area (Å²) in [6.07, 6.45) is 7.85. The number of amides is 1. The Labute approximate surface area is 112 Å². The van der Waals surface area contributed by atoms with Crippen molar-refractivity contribution in [3.05, 3.63) is 0 Å². The summed E-state index contributed by atoms with van der Waals surface area (Å²) in [5, 5.41) is 3.02. The number of rotatable bonds is 8. The van der Waals surface area contributed by atoms with Crippen LogP contribution in [-0.2, 0) is 4.79 Å². The predicted octanol–water partition coefficient (Wildman–Crippen LogP) is 2.80. The third kappa shape index (κ3) is 7.00. The molecular formula is C15H30N2O. The summed E-state index contributed by atoms with van der Waals surface area (Å²) in [7, 11) is 0. The summed E-state index contributed by atoms with van der Waals surface area (Å²) in [5.41, 5.74) is 0. The highest BCUT2D eigenvalue weighted by Gasteiger charge is 2.14. The molecule has 0 radical (unpaired) electrons. The fourth-order valence-corrected chi connectivity index (χ4v) is 2.44. The van der Waals surface area contributed by atoms with Crippen molar-refractivity contribution < 1.29 is 4.79 Å². The van der Waals surface area contributed by atoms with Gasteiger partial charge in [-0.25, -0.2) is 0 Å². The Hall–Kier alpha value is -0.570. The quantitative estimate of drug-likeness (QED) is 0.676. The van der Waals surface area contributed by atoms with Gasteiger partial charge in [-0.05, 0) is 51.2 Å². The summed E-state index contributed by atoms with van der Waals surface area (Å²) < 4.78 is 0. The maximum Gasteiger partial charge on any atom is 0.219 e. The number of hydrogen-bond acceptors (Lipinski definition) is 2. The Morgan fingerprint density at radius 2 is 1.94 bits per heavy atom. The van der Waals surface area contributed by atoms with Crippen LogP contribution in [0, 0.1) is 5.92 Å². The van der Waals surface area contributed by atoms with E-state index in [1.165, 1.54) is 38.8 Å². The zero-order chi connectivity index (χ0) is 13.2. The Morgan fingerprint density at radius 1 is 1.22 bits per heavy atom. The molecular weight excluding hydrogens is 224 g/mol. The molecule has 1 N–H and O–H groups in total. The van der Waals surface area contributed by atoms with Crippen LogP contribution in [0.4, 0.5) is 0 Å². The van der Waals surface area contributed by atoms with Gasteiger partial charge in [0.2, 0.25) is 5.91 Å². The lowest BCUT2D eigenvalue weighted by Crippen LogP contribution is -2.35. The summed E-state index contributed by atoms with van der Waals surface area (Å²) >= 11 is 0. The van der Waals surface area contributed by atoms with Crippen LogP contribution in [0.1, 0.15) is 58.8 Å². The Morgan fingerprint density at radius 3 is 2.61 bits per heavy atom. The van der Waals surface area contributed by atoms with Crippen molar-refractivity contribution >= 4 is 5.91 Å². The first-order valence-corrected chi connectivity index (χ1v) is 7.71. The van der Waals surface area contributed by atoms with E-state index in [1.807, 2.05) is 0 Å². The number of carbonyl (C=O) groups is 1. The number of carbonyl (C=O) groups excluding carboxylic acids is 1. The molecule has 0 aromatic heterocycles. The first-order chi connectivity index (χ1) is 8.72. The molecule has 1 aliphatic heterocycles. The lowest BCUT2D eigenvalue weighted by molar-refractivity contribution is -0.121. The minimum Gasteiger partial charge on any atom is -0.356 e. The van der Waals surface area contributed by atoms with Crippen molar-refractivity contribution in [2.24, 2.45) is 5.92 Å².